The number of ether oxygens (including phenoxy) is 1. The third-order valence-corrected chi connectivity index (χ3v) is 1.83. The van der Waals surface area contributed by atoms with Gasteiger partial charge in [0, 0.05) is 6.54 Å². The van der Waals surface area contributed by atoms with Crippen LogP contribution in [0.25, 0.3) is 0 Å². The van der Waals surface area contributed by atoms with E-state index in [0.717, 1.165) is 0 Å². The highest BCUT2D eigenvalue weighted by Gasteiger charge is 2.16. The second-order valence-corrected chi connectivity index (χ2v) is 2.76. The van der Waals surface area contributed by atoms with Gasteiger partial charge in [-0.25, -0.2) is 4.39 Å². The molecule has 1 aliphatic rings. The molecule has 1 N–H and O–H groups in total. The topological polar surface area (TPSA) is 38.3 Å². The first-order valence-corrected chi connectivity index (χ1v) is 4.00. The van der Waals surface area contributed by atoms with Gasteiger partial charge in [-0.1, -0.05) is 6.07 Å². The molecule has 13 heavy (non-hydrogen) atoms. The summed E-state index contributed by atoms with van der Waals surface area (Å²) in [5, 5.41) is 2.80. The molecule has 1 aromatic rings. The van der Waals surface area contributed by atoms with Crippen LogP contribution in [-0.4, -0.2) is 12.5 Å². The highest BCUT2D eigenvalue weighted by Crippen LogP contribution is 2.29. The lowest BCUT2D eigenvalue weighted by molar-refractivity contribution is -0.133. The van der Waals surface area contributed by atoms with Crippen LogP contribution in [0.3, 0.4) is 0 Å². The zero-order valence-corrected chi connectivity index (χ0v) is 6.84. The second kappa shape index (κ2) is 3.05. The average Bonchev–Trinajstić information content (AvgIpc) is 2.27. The van der Waals surface area contributed by atoms with Crippen molar-refractivity contribution < 1.29 is 13.9 Å². The zero-order valence-electron chi connectivity index (χ0n) is 6.84. The van der Waals surface area contributed by atoms with Crippen LogP contribution >= 0.6 is 0 Å². The SMILES string of the molecule is O=C1CCNc2c(F)cccc2O1. The summed E-state index contributed by atoms with van der Waals surface area (Å²) in [7, 11) is 0. The molecular formula is C9H8FNO2. The third-order valence-electron chi connectivity index (χ3n) is 1.83. The molecule has 1 heterocycles. The Kier molecular flexibility index (Phi) is 1.88. The van der Waals surface area contributed by atoms with Crippen LogP contribution in [-0.2, 0) is 4.79 Å². The molecule has 0 bridgehead atoms. The first kappa shape index (κ1) is 8.04. The average molecular weight is 181 g/mol. The number of hydrogen-bond acceptors (Lipinski definition) is 3. The minimum Gasteiger partial charge on any atom is -0.424 e. The lowest BCUT2D eigenvalue weighted by Crippen LogP contribution is -2.08. The molecule has 3 nitrogen and oxygen atoms in total. The van der Waals surface area contributed by atoms with E-state index >= 15 is 0 Å². The fourth-order valence-corrected chi connectivity index (χ4v) is 1.22. The van der Waals surface area contributed by atoms with E-state index in [2.05, 4.69) is 5.32 Å². The van der Waals surface area contributed by atoms with Crippen LogP contribution in [0, 0.1) is 5.82 Å². The minimum atomic E-state index is -0.396. The smallest absolute Gasteiger partial charge is 0.313 e. The molecule has 0 aromatic heterocycles. The maximum Gasteiger partial charge on any atom is 0.313 e. The van der Waals surface area contributed by atoms with Crippen molar-refractivity contribution in [2.45, 2.75) is 6.42 Å². The highest BCUT2D eigenvalue weighted by atomic mass is 19.1. The third kappa shape index (κ3) is 1.47. The van der Waals surface area contributed by atoms with Crippen molar-refractivity contribution in [2.75, 3.05) is 11.9 Å². The van der Waals surface area contributed by atoms with Gasteiger partial charge in [-0.15, -0.1) is 0 Å². The maximum absolute atomic E-state index is 13.1. The Morgan fingerprint density at radius 2 is 2.31 bits per heavy atom. The highest BCUT2D eigenvalue weighted by molar-refractivity contribution is 5.77. The maximum atomic E-state index is 13.1. The minimum absolute atomic E-state index is 0.258. The van der Waals surface area contributed by atoms with Crippen molar-refractivity contribution >= 4 is 11.7 Å². The number of anilines is 1. The molecule has 0 spiro atoms. The molecule has 0 radical (unpaired) electrons. The summed E-state index contributed by atoms with van der Waals surface area (Å²) in [6.45, 7) is 0.409. The van der Waals surface area contributed by atoms with Crippen molar-refractivity contribution in [2.24, 2.45) is 0 Å². The quantitative estimate of drug-likeness (QED) is 0.487. The van der Waals surface area contributed by atoms with Gasteiger partial charge in [-0.3, -0.25) is 4.79 Å². The van der Waals surface area contributed by atoms with Crippen LogP contribution in [0.2, 0.25) is 0 Å². The van der Waals surface area contributed by atoms with Gasteiger partial charge in [-0.2, -0.15) is 0 Å². The summed E-state index contributed by atoms with van der Waals surface area (Å²) in [5.41, 5.74) is 0.272. The van der Waals surface area contributed by atoms with E-state index < -0.39 is 5.82 Å². The van der Waals surface area contributed by atoms with Gasteiger partial charge in [0.15, 0.2) is 5.75 Å². The molecule has 2 rings (SSSR count). The lowest BCUT2D eigenvalue weighted by Gasteiger charge is -2.06. The summed E-state index contributed by atoms with van der Waals surface area (Å²) < 4.78 is 18.0. The van der Waals surface area contributed by atoms with Gasteiger partial charge in [0.25, 0.3) is 0 Å². The van der Waals surface area contributed by atoms with E-state index in [9.17, 15) is 9.18 Å². The van der Waals surface area contributed by atoms with Crippen LogP contribution in [0.1, 0.15) is 6.42 Å². The predicted octanol–water partition coefficient (Wildman–Crippen LogP) is 1.55. The van der Waals surface area contributed by atoms with E-state index in [1.807, 2.05) is 0 Å². The molecule has 0 fully saturated rings. The van der Waals surface area contributed by atoms with Crippen molar-refractivity contribution in [1.82, 2.24) is 0 Å². The van der Waals surface area contributed by atoms with Gasteiger partial charge in [0.1, 0.15) is 11.5 Å². The Labute approximate surface area is 74.5 Å². The monoisotopic (exact) mass is 181 g/mol. The fourth-order valence-electron chi connectivity index (χ4n) is 1.22. The standard InChI is InChI=1S/C9H8FNO2/c10-6-2-1-3-7-9(6)11-5-4-8(12)13-7/h1-3,11H,4-5H2. The number of fused-ring (bicyclic) bond motifs is 1. The molecule has 0 amide bonds. The largest absolute Gasteiger partial charge is 0.424 e. The van der Waals surface area contributed by atoms with E-state index in [1.54, 1.807) is 6.07 Å². The zero-order chi connectivity index (χ0) is 9.26. The second-order valence-electron chi connectivity index (χ2n) is 2.76. The molecule has 0 saturated carbocycles. The number of para-hydroxylation sites is 1. The molecule has 0 unspecified atom stereocenters. The first-order valence-electron chi connectivity index (χ1n) is 4.00. The Balaban J connectivity index is 2.45. The molecule has 0 atom stereocenters. The van der Waals surface area contributed by atoms with Crippen LogP contribution in [0.5, 0.6) is 5.75 Å². The van der Waals surface area contributed by atoms with Crippen LogP contribution < -0.4 is 10.1 Å². The molecule has 4 heteroatoms. The number of rotatable bonds is 0. The van der Waals surface area contributed by atoms with Crippen molar-refractivity contribution in [3.05, 3.63) is 24.0 Å². The molecule has 1 aromatic carbocycles. The Morgan fingerprint density at radius 3 is 3.15 bits per heavy atom. The van der Waals surface area contributed by atoms with E-state index in [0.29, 0.717) is 6.54 Å². The van der Waals surface area contributed by atoms with E-state index in [1.165, 1.54) is 12.1 Å². The summed E-state index contributed by atoms with van der Waals surface area (Å²) in [6, 6.07) is 4.40. The van der Waals surface area contributed by atoms with Gasteiger partial charge < -0.3 is 10.1 Å². The Hall–Kier alpha value is -1.58. The lowest BCUT2D eigenvalue weighted by atomic mass is 10.3. The van der Waals surface area contributed by atoms with E-state index in [-0.39, 0.29) is 23.8 Å². The molecule has 1 aliphatic heterocycles. The molecular weight excluding hydrogens is 173 g/mol. The van der Waals surface area contributed by atoms with Crippen molar-refractivity contribution in [3.8, 4) is 5.75 Å². The van der Waals surface area contributed by atoms with Crippen LogP contribution in [0.4, 0.5) is 10.1 Å². The van der Waals surface area contributed by atoms with Gasteiger partial charge in [0.2, 0.25) is 0 Å². The number of esters is 1. The fraction of sp³-hybridized carbons (Fsp3) is 0.222. The van der Waals surface area contributed by atoms with Gasteiger partial charge >= 0.3 is 5.97 Å². The summed E-state index contributed by atoms with van der Waals surface area (Å²) in [6.07, 6.45) is 0.258. The first-order chi connectivity index (χ1) is 6.27. The summed E-state index contributed by atoms with van der Waals surface area (Å²) >= 11 is 0. The predicted molar refractivity (Wildman–Crippen MR) is 45.1 cm³/mol. The number of hydrogen-bond donors (Lipinski definition) is 1. The van der Waals surface area contributed by atoms with E-state index in [4.69, 9.17) is 4.74 Å². The molecule has 68 valence electrons. The van der Waals surface area contributed by atoms with Crippen LogP contribution in [0.15, 0.2) is 18.2 Å². The number of carbonyl (C=O) groups is 1. The number of carbonyl (C=O) groups excluding carboxylic acids is 1. The number of halogens is 1. The Morgan fingerprint density at radius 1 is 1.46 bits per heavy atom. The van der Waals surface area contributed by atoms with Gasteiger partial charge in [0.05, 0.1) is 6.42 Å². The Bertz CT molecular complexity index is 351. The molecule has 0 aliphatic carbocycles. The van der Waals surface area contributed by atoms with Gasteiger partial charge in [-0.05, 0) is 12.1 Å². The molecule has 0 saturated heterocycles. The normalized spacial score (nSPS) is 15.3. The summed E-state index contributed by atoms with van der Waals surface area (Å²) in [4.78, 5) is 11.0. The number of benzene rings is 1. The van der Waals surface area contributed by atoms with Crippen molar-refractivity contribution in [1.29, 1.82) is 0 Å². The number of nitrogens with one attached hydrogen (secondary N) is 1. The summed E-state index contributed by atoms with van der Waals surface area (Å²) in [5.74, 6) is -0.466. The van der Waals surface area contributed by atoms with Crippen molar-refractivity contribution in [3.63, 3.8) is 0 Å².